The van der Waals surface area contributed by atoms with Crippen LogP contribution in [-0.4, -0.2) is 23.0 Å². The summed E-state index contributed by atoms with van der Waals surface area (Å²) in [6.07, 6.45) is 1.09. The average Bonchev–Trinajstić information content (AvgIpc) is 3.27. The lowest BCUT2D eigenvalue weighted by Gasteiger charge is -2.13. The maximum atomic E-state index is 12.4. The number of hydrogen-bond donors (Lipinski definition) is 1. The number of aromatic nitrogens is 1. The van der Waals surface area contributed by atoms with Gasteiger partial charge in [-0.1, -0.05) is 60.7 Å². The van der Waals surface area contributed by atoms with Crippen LogP contribution in [0.2, 0.25) is 0 Å². The Morgan fingerprint density at radius 2 is 1.74 bits per heavy atom. The summed E-state index contributed by atoms with van der Waals surface area (Å²) in [4.78, 5) is 28.8. The van der Waals surface area contributed by atoms with E-state index >= 15 is 0 Å². The van der Waals surface area contributed by atoms with Crippen molar-refractivity contribution in [2.45, 2.75) is 25.9 Å². The van der Waals surface area contributed by atoms with Gasteiger partial charge in [0.05, 0.1) is 12.6 Å². The van der Waals surface area contributed by atoms with Crippen LogP contribution >= 0.6 is 0 Å². The second kappa shape index (κ2) is 9.26. The minimum absolute atomic E-state index is 0.0718. The number of aryl methyl sites for hydroxylation is 1. The van der Waals surface area contributed by atoms with Gasteiger partial charge in [0.2, 0.25) is 0 Å². The third-order valence-corrected chi connectivity index (χ3v) is 4.85. The Labute approximate surface area is 179 Å². The number of carbonyl (C=O) groups excluding carboxylic acids is 2. The van der Waals surface area contributed by atoms with E-state index in [-0.39, 0.29) is 12.3 Å². The van der Waals surface area contributed by atoms with E-state index in [2.05, 4.69) is 10.3 Å². The normalized spacial score (nSPS) is 11.8. The second-order valence-corrected chi connectivity index (χ2v) is 7.17. The Hall–Kier alpha value is -3.93. The number of carbonyl (C=O) groups is 2. The quantitative estimate of drug-likeness (QED) is 0.431. The third-order valence-electron chi connectivity index (χ3n) is 4.85. The minimum atomic E-state index is -0.914. The fourth-order valence-electron chi connectivity index (χ4n) is 3.19. The van der Waals surface area contributed by atoms with Crippen molar-refractivity contribution in [3.05, 3.63) is 84.9 Å². The van der Waals surface area contributed by atoms with Gasteiger partial charge in [0.1, 0.15) is 0 Å². The largest absolute Gasteiger partial charge is 0.453 e. The smallest absolute Gasteiger partial charge is 0.307 e. The van der Waals surface area contributed by atoms with E-state index in [0.717, 1.165) is 16.3 Å². The molecule has 1 N–H and O–H groups in total. The van der Waals surface area contributed by atoms with Gasteiger partial charge in [-0.15, -0.1) is 0 Å². The first-order valence-electron chi connectivity index (χ1n) is 10.1. The van der Waals surface area contributed by atoms with Gasteiger partial charge in [-0.05, 0) is 29.8 Å². The number of fused-ring (bicyclic) bond motifs is 1. The first-order valence-corrected chi connectivity index (χ1v) is 10.1. The molecular weight excluding hydrogens is 392 g/mol. The Morgan fingerprint density at radius 1 is 1.00 bits per heavy atom. The maximum Gasteiger partial charge on any atom is 0.307 e. The molecular formula is C25H22N2O4. The van der Waals surface area contributed by atoms with E-state index < -0.39 is 12.1 Å². The van der Waals surface area contributed by atoms with E-state index in [0.29, 0.717) is 23.8 Å². The number of anilines is 1. The van der Waals surface area contributed by atoms with Crippen LogP contribution in [0.1, 0.15) is 19.2 Å². The lowest BCUT2D eigenvalue weighted by Crippen LogP contribution is -2.30. The van der Waals surface area contributed by atoms with Crippen molar-refractivity contribution < 1.29 is 18.7 Å². The molecule has 0 bridgehead atoms. The molecule has 6 nitrogen and oxygen atoms in total. The van der Waals surface area contributed by atoms with Gasteiger partial charge < -0.3 is 14.5 Å². The van der Waals surface area contributed by atoms with E-state index in [9.17, 15) is 9.59 Å². The molecule has 0 aliphatic rings. The zero-order valence-corrected chi connectivity index (χ0v) is 17.1. The molecule has 1 heterocycles. The van der Waals surface area contributed by atoms with Crippen LogP contribution in [0.5, 0.6) is 0 Å². The Bertz CT molecular complexity index is 1200. The number of rotatable bonds is 7. The zero-order chi connectivity index (χ0) is 21.6. The summed E-state index contributed by atoms with van der Waals surface area (Å²) in [5.41, 5.74) is 1.57. The molecule has 4 aromatic rings. The Kier molecular flexibility index (Phi) is 6.08. The number of esters is 1. The number of amides is 1. The molecule has 31 heavy (non-hydrogen) atoms. The highest BCUT2D eigenvalue weighted by Gasteiger charge is 2.19. The molecule has 0 saturated heterocycles. The van der Waals surface area contributed by atoms with Crippen LogP contribution in [0.4, 0.5) is 5.69 Å². The molecule has 4 rings (SSSR count). The number of benzene rings is 3. The van der Waals surface area contributed by atoms with Crippen molar-refractivity contribution in [2.24, 2.45) is 0 Å². The van der Waals surface area contributed by atoms with Crippen LogP contribution in [0.3, 0.4) is 0 Å². The summed E-state index contributed by atoms with van der Waals surface area (Å²) in [6, 6.07) is 23.1. The highest BCUT2D eigenvalue weighted by Crippen LogP contribution is 2.21. The summed E-state index contributed by atoms with van der Waals surface area (Å²) >= 11 is 0. The molecule has 1 atom stereocenters. The molecule has 0 radical (unpaired) electrons. The number of nitrogens with zero attached hydrogens (tertiary/aromatic N) is 1. The summed E-state index contributed by atoms with van der Waals surface area (Å²) in [5, 5.41) is 4.89. The van der Waals surface area contributed by atoms with Gasteiger partial charge in [-0.25, -0.2) is 4.98 Å². The van der Waals surface area contributed by atoms with Gasteiger partial charge in [-0.2, -0.15) is 0 Å². The molecule has 0 aliphatic carbocycles. The average molecular weight is 414 g/mol. The van der Waals surface area contributed by atoms with Crippen LogP contribution < -0.4 is 5.32 Å². The summed E-state index contributed by atoms with van der Waals surface area (Å²) in [6.45, 7) is 1.55. The summed E-state index contributed by atoms with van der Waals surface area (Å²) in [5.74, 6) is 0.225. The molecule has 0 fully saturated rings. The predicted octanol–water partition coefficient (Wildman–Crippen LogP) is 5.00. The molecule has 0 spiro atoms. The van der Waals surface area contributed by atoms with Crippen LogP contribution in [0, 0.1) is 0 Å². The molecule has 1 aromatic heterocycles. The van der Waals surface area contributed by atoms with Gasteiger partial charge in [0, 0.05) is 17.7 Å². The van der Waals surface area contributed by atoms with Gasteiger partial charge in [0.15, 0.2) is 17.8 Å². The SMILES string of the molecule is CC(OC(=O)CCc1ncc(-c2ccccc2)o1)C(=O)Nc1ccc2ccccc2c1. The third kappa shape index (κ3) is 5.17. The molecule has 6 heteroatoms. The molecule has 156 valence electrons. The van der Waals surface area contributed by atoms with Crippen LogP contribution in [-0.2, 0) is 20.7 Å². The Balaban J connectivity index is 1.28. The minimum Gasteiger partial charge on any atom is -0.453 e. The lowest BCUT2D eigenvalue weighted by molar-refractivity contribution is -0.153. The molecule has 0 saturated carbocycles. The van der Waals surface area contributed by atoms with Crippen molar-refractivity contribution in [3.63, 3.8) is 0 Å². The topological polar surface area (TPSA) is 81.4 Å². The van der Waals surface area contributed by atoms with Crippen molar-refractivity contribution in [1.82, 2.24) is 4.98 Å². The lowest BCUT2D eigenvalue weighted by atomic mass is 10.1. The molecule has 1 amide bonds. The maximum absolute atomic E-state index is 12.4. The predicted molar refractivity (Wildman–Crippen MR) is 118 cm³/mol. The van der Waals surface area contributed by atoms with Crippen molar-refractivity contribution >= 4 is 28.3 Å². The van der Waals surface area contributed by atoms with Crippen LogP contribution in [0.15, 0.2) is 83.4 Å². The van der Waals surface area contributed by atoms with Gasteiger partial charge in [-0.3, -0.25) is 9.59 Å². The number of ether oxygens (including phenoxy) is 1. The number of hydrogen-bond acceptors (Lipinski definition) is 5. The molecule has 0 aliphatic heterocycles. The van der Waals surface area contributed by atoms with E-state index in [4.69, 9.17) is 9.15 Å². The van der Waals surface area contributed by atoms with Gasteiger partial charge >= 0.3 is 5.97 Å². The fourth-order valence-corrected chi connectivity index (χ4v) is 3.19. The van der Waals surface area contributed by atoms with Crippen molar-refractivity contribution in [2.75, 3.05) is 5.32 Å². The summed E-state index contributed by atoms with van der Waals surface area (Å²) < 4.78 is 11.0. The van der Waals surface area contributed by atoms with Crippen molar-refractivity contribution in [1.29, 1.82) is 0 Å². The first kappa shape index (κ1) is 20.3. The monoisotopic (exact) mass is 414 g/mol. The number of oxazole rings is 1. The fraction of sp³-hybridized carbons (Fsp3) is 0.160. The van der Waals surface area contributed by atoms with E-state index in [1.54, 1.807) is 13.1 Å². The van der Waals surface area contributed by atoms with Gasteiger partial charge in [0.25, 0.3) is 5.91 Å². The highest BCUT2D eigenvalue weighted by atomic mass is 16.5. The number of nitrogens with one attached hydrogen (secondary N) is 1. The van der Waals surface area contributed by atoms with E-state index in [1.165, 1.54) is 0 Å². The van der Waals surface area contributed by atoms with E-state index in [1.807, 2.05) is 72.8 Å². The summed E-state index contributed by atoms with van der Waals surface area (Å²) in [7, 11) is 0. The first-order chi connectivity index (χ1) is 15.1. The van der Waals surface area contributed by atoms with Crippen molar-refractivity contribution in [3.8, 4) is 11.3 Å². The second-order valence-electron chi connectivity index (χ2n) is 7.17. The Morgan fingerprint density at radius 3 is 2.55 bits per heavy atom. The highest BCUT2D eigenvalue weighted by molar-refractivity contribution is 5.97. The molecule has 1 unspecified atom stereocenters. The standard InChI is InChI=1S/C25H22N2O4/c1-17(25(29)27-21-12-11-18-7-5-6-10-20(18)15-21)30-24(28)14-13-23-26-16-22(31-23)19-8-3-2-4-9-19/h2-12,15-17H,13-14H2,1H3,(H,27,29). The molecule has 3 aromatic carbocycles. The van der Waals surface area contributed by atoms with Crippen LogP contribution in [0.25, 0.3) is 22.1 Å². The zero-order valence-electron chi connectivity index (χ0n) is 17.1.